The molecule has 0 bridgehead atoms. The number of benzene rings is 3. The minimum atomic E-state index is -3.85. The smallest absolute Gasteiger partial charge is 0.329 e. The number of nitrogens with two attached hydrogens (primary N) is 1. The standard InChI is InChI=1S/C21H26N4O3.C20H26N4O3.C16H21N5O4S/c1-14-11-16(5-6-19(14)26)18-12-25(13-22-18)21(28)23(2)17-7-9-24(10-8-17)20(27)15-3-4-15;1-4-19(26)23-9-7-16(8-10-23)22(3)20(27)24-12-17(21-13-24)15-5-6-18(25)14(2)11-15;1-20(14-5-7-25-8-6-14)16(22)21-10-15(18-11-21)12-3-2-4-13(9-12)19-26(17,23)24/h5-6,11-13,15,17,26H,3-4,7-10H2,1-2H3;5-6,11-13,16,25H,4,7-10H2,1-3H3;2-4,9-11,14,19H,5-8H2,1H3,(H2,17,23,24). The molecule has 6 aromatic rings. The number of phenols is 2. The van der Waals surface area contributed by atoms with Gasteiger partial charge in [-0.15, -0.1) is 0 Å². The van der Waals surface area contributed by atoms with Crippen LogP contribution in [0.15, 0.2) is 98.2 Å². The molecule has 3 aromatic heterocycles. The third-order valence-electron chi connectivity index (χ3n) is 15.4. The second-order valence-corrected chi connectivity index (χ2v) is 22.3. The van der Waals surface area contributed by atoms with Gasteiger partial charge < -0.3 is 39.4 Å². The molecular formula is C57H73N13O10S. The molecule has 81 heavy (non-hydrogen) atoms. The van der Waals surface area contributed by atoms with E-state index in [-0.39, 0.29) is 65.5 Å². The summed E-state index contributed by atoms with van der Waals surface area (Å²) >= 11 is 0. The predicted octanol–water partition coefficient (Wildman–Crippen LogP) is 6.97. The van der Waals surface area contributed by atoms with Gasteiger partial charge in [-0.2, -0.15) is 8.42 Å². The van der Waals surface area contributed by atoms with Gasteiger partial charge in [-0.25, -0.2) is 34.5 Å². The quantitative estimate of drug-likeness (QED) is 0.108. The van der Waals surface area contributed by atoms with Crippen LogP contribution in [0.5, 0.6) is 11.5 Å². The summed E-state index contributed by atoms with van der Waals surface area (Å²) < 4.78 is 34.3. The molecule has 0 radical (unpaired) electrons. The highest BCUT2D eigenvalue weighted by molar-refractivity contribution is 7.90. The lowest BCUT2D eigenvalue weighted by Crippen LogP contribution is -2.48. The van der Waals surface area contributed by atoms with Crippen molar-refractivity contribution in [2.75, 3.05) is 65.3 Å². The van der Waals surface area contributed by atoms with E-state index in [0.29, 0.717) is 61.1 Å². The summed E-state index contributed by atoms with van der Waals surface area (Å²) in [6.07, 6.45) is 16.9. The highest BCUT2D eigenvalue weighted by Gasteiger charge is 2.36. The van der Waals surface area contributed by atoms with E-state index in [4.69, 9.17) is 9.88 Å². The maximum Gasteiger partial charge on any atom is 0.329 e. The molecule has 1 saturated carbocycles. The largest absolute Gasteiger partial charge is 0.508 e. The number of hydrogen-bond donors (Lipinski definition) is 4. The molecule has 0 unspecified atom stereocenters. The van der Waals surface area contributed by atoms with Crippen LogP contribution in [0.3, 0.4) is 0 Å². The topological polar surface area (TPSA) is 277 Å². The Balaban J connectivity index is 0.000000159. The zero-order chi connectivity index (χ0) is 58.1. The normalized spacial score (nSPS) is 16.1. The molecule has 23 nitrogen and oxygen atoms in total. The van der Waals surface area contributed by atoms with Crippen LogP contribution in [0.1, 0.15) is 75.8 Å². The van der Waals surface area contributed by atoms with Crippen LogP contribution in [0.25, 0.3) is 33.8 Å². The van der Waals surface area contributed by atoms with Crippen molar-refractivity contribution in [1.82, 2.24) is 53.2 Å². The van der Waals surface area contributed by atoms with E-state index in [0.717, 1.165) is 86.7 Å². The van der Waals surface area contributed by atoms with E-state index in [1.807, 2.05) is 49.8 Å². The number of nitrogens with one attached hydrogen (secondary N) is 1. The molecule has 6 heterocycles. The van der Waals surface area contributed by atoms with Gasteiger partial charge in [-0.1, -0.05) is 19.1 Å². The summed E-state index contributed by atoms with van der Waals surface area (Å²) in [5, 5.41) is 24.3. The number of imidazole rings is 3. The highest BCUT2D eigenvalue weighted by atomic mass is 32.2. The first-order valence-electron chi connectivity index (χ1n) is 27.3. The summed E-state index contributed by atoms with van der Waals surface area (Å²) in [6.45, 7) is 9.66. The van der Waals surface area contributed by atoms with Crippen molar-refractivity contribution < 1.29 is 47.3 Å². The molecule has 4 fully saturated rings. The maximum atomic E-state index is 12.9. The average Bonchev–Trinajstić information content (AvgIpc) is 3.78. The first kappa shape index (κ1) is 59.0. The lowest BCUT2D eigenvalue weighted by molar-refractivity contribution is -0.134. The van der Waals surface area contributed by atoms with E-state index in [1.54, 1.807) is 95.9 Å². The minimum Gasteiger partial charge on any atom is -0.508 e. The van der Waals surface area contributed by atoms with E-state index < -0.39 is 10.2 Å². The maximum absolute atomic E-state index is 12.9. The molecule has 24 heteroatoms. The van der Waals surface area contributed by atoms with Crippen LogP contribution in [-0.4, -0.2) is 180 Å². The van der Waals surface area contributed by atoms with Crippen molar-refractivity contribution in [2.24, 2.45) is 11.1 Å². The number of anilines is 1. The minimum absolute atomic E-state index is 0.111. The van der Waals surface area contributed by atoms with Crippen LogP contribution in [0, 0.1) is 19.8 Å². The number of likely N-dealkylation sites (tertiary alicyclic amines) is 2. The van der Waals surface area contributed by atoms with Gasteiger partial charge in [-0.05, 0) is 125 Å². The molecule has 3 aromatic carbocycles. The van der Waals surface area contributed by atoms with Crippen LogP contribution >= 0.6 is 0 Å². The second kappa shape index (κ2) is 26.0. The van der Waals surface area contributed by atoms with Crippen LogP contribution in [0.4, 0.5) is 20.1 Å². The fraction of sp³-hybridized carbons (Fsp3) is 0.439. The third-order valence-corrected chi connectivity index (χ3v) is 15.9. The van der Waals surface area contributed by atoms with E-state index in [1.165, 1.54) is 32.7 Å². The Hall–Kier alpha value is -8.09. The van der Waals surface area contributed by atoms with E-state index >= 15 is 0 Å². The number of ether oxygens (including phenoxy) is 1. The Morgan fingerprint density at radius 3 is 1.41 bits per heavy atom. The molecular weight excluding hydrogens is 1060 g/mol. The molecule has 0 spiro atoms. The lowest BCUT2D eigenvalue weighted by atomic mass is 10.0. The Kier molecular flexibility index (Phi) is 19.0. The third kappa shape index (κ3) is 15.0. The summed E-state index contributed by atoms with van der Waals surface area (Å²) in [4.78, 5) is 84.3. The molecule has 3 saturated heterocycles. The summed E-state index contributed by atoms with van der Waals surface area (Å²) in [5.74, 6) is 1.19. The van der Waals surface area contributed by atoms with Crippen LogP contribution in [0.2, 0.25) is 0 Å². The molecule has 5 amide bonds. The van der Waals surface area contributed by atoms with Gasteiger partial charge in [0.2, 0.25) is 11.8 Å². The van der Waals surface area contributed by atoms with Crippen molar-refractivity contribution in [3.05, 3.63) is 109 Å². The van der Waals surface area contributed by atoms with Crippen molar-refractivity contribution in [2.45, 2.75) is 96.7 Å². The van der Waals surface area contributed by atoms with Crippen molar-refractivity contribution in [3.63, 3.8) is 0 Å². The van der Waals surface area contributed by atoms with Gasteiger partial charge >= 0.3 is 18.1 Å². The molecule has 1 aliphatic carbocycles. The first-order valence-corrected chi connectivity index (χ1v) is 28.8. The number of aromatic nitrogens is 6. The van der Waals surface area contributed by atoms with Crippen molar-refractivity contribution >= 4 is 45.8 Å². The monoisotopic (exact) mass is 1130 g/mol. The SMILES string of the molecule is CCC(=O)N1CCC(N(C)C(=O)n2cnc(-c3ccc(O)c(C)c3)c2)CC1.CN(C(=O)n1cnc(-c2cccc(NS(N)(=O)=O)c2)c1)C1CCOCC1.Cc1cc(-c2cn(C(=O)N(C)C3CCN(C(=O)C4CC4)CC3)cn2)ccc1O. The number of phenolic OH excluding ortho intramolecular Hbond substituents is 2. The molecule has 3 aliphatic heterocycles. The average molecular weight is 1130 g/mol. The fourth-order valence-electron chi connectivity index (χ4n) is 10.1. The number of rotatable bonds is 10. The van der Waals surface area contributed by atoms with Crippen LogP contribution < -0.4 is 9.86 Å². The number of carbonyl (C=O) groups is 5. The number of hydrogen-bond acceptors (Lipinski definition) is 13. The van der Waals surface area contributed by atoms with E-state index in [2.05, 4.69) is 19.7 Å². The fourth-order valence-corrected chi connectivity index (χ4v) is 10.6. The zero-order valence-corrected chi connectivity index (χ0v) is 47.5. The number of amides is 5. The summed E-state index contributed by atoms with van der Waals surface area (Å²) in [6, 6.07) is 17.1. The summed E-state index contributed by atoms with van der Waals surface area (Å²) in [7, 11) is 1.53. The van der Waals surface area contributed by atoms with Crippen LogP contribution in [-0.2, 0) is 24.5 Å². The number of aryl methyl sites for hydroxylation is 2. The van der Waals surface area contributed by atoms with Gasteiger partial charge in [0.05, 0.1) is 22.8 Å². The number of piperidine rings is 2. The lowest BCUT2D eigenvalue weighted by Gasteiger charge is -2.36. The Bertz CT molecular complexity index is 3310. The van der Waals surface area contributed by atoms with Gasteiger partial charge in [0.1, 0.15) is 30.5 Å². The molecule has 0 atom stereocenters. The van der Waals surface area contributed by atoms with Crippen molar-refractivity contribution in [1.29, 1.82) is 0 Å². The highest BCUT2D eigenvalue weighted by Crippen LogP contribution is 2.33. The Morgan fingerprint density at radius 2 is 1.01 bits per heavy atom. The second-order valence-electron chi connectivity index (χ2n) is 21.0. The van der Waals surface area contributed by atoms with E-state index in [9.17, 15) is 42.6 Å². The van der Waals surface area contributed by atoms with Crippen molar-refractivity contribution in [3.8, 4) is 45.3 Å². The van der Waals surface area contributed by atoms with Gasteiger partial charge in [0.25, 0.3) is 10.2 Å². The molecule has 10 rings (SSSR count). The Morgan fingerprint density at radius 1 is 0.605 bits per heavy atom. The number of aromatic hydroxyl groups is 2. The molecule has 4 aliphatic rings. The molecule has 5 N–H and O–H groups in total. The number of carbonyl (C=O) groups excluding carboxylic acids is 5. The van der Waals surface area contributed by atoms with Gasteiger partial charge in [0.15, 0.2) is 0 Å². The molecule has 432 valence electrons. The summed E-state index contributed by atoms with van der Waals surface area (Å²) in [5.41, 5.74) is 6.16. The van der Waals surface area contributed by atoms with Gasteiger partial charge in [-0.3, -0.25) is 28.0 Å². The zero-order valence-electron chi connectivity index (χ0n) is 46.7. The first-order chi connectivity index (χ1) is 38.7. The predicted molar refractivity (Wildman–Crippen MR) is 304 cm³/mol. The number of nitrogens with zero attached hydrogens (tertiary/aromatic N) is 11. The van der Waals surface area contributed by atoms with Gasteiger partial charge in [0, 0.05) is 126 Å². The Labute approximate surface area is 472 Å².